The smallest absolute Gasteiger partial charge is 0.128 e. The number of benzene rings is 2. The minimum Gasteiger partial charge on any atom is -0.306 e. The van der Waals surface area contributed by atoms with Gasteiger partial charge in [-0.05, 0) is 55.3 Å². The van der Waals surface area contributed by atoms with Crippen molar-refractivity contribution in [3.05, 3.63) is 68.4 Å². The summed E-state index contributed by atoms with van der Waals surface area (Å²) in [4.78, 5) is 0. The van der Waals surface area contributed by atoms with Gasteiger partial charge in [0.2, 0.25) is 0 Å². The Morgan fingerprint density at radius 2 is 2.00 bits per heavy atom. The lowest BCUT2D eigenvalue weighted by molar-refractivity contribution is 0.545. The van der Waals surface area contributed by atoms with Crippen LogP contribution in [0.4, 0.5) is 4.39 Å². The van der Waals surface area contributed by atoms with Crippen molar-refractivity contribution >= 4 is 27.5 Å². The minimum absolute atomic E-state index is 0.207. The van der Waals surface area contributed by atoms with Gasteiger partial charge in [0.05, 0.1) is 6.04 Å². The lowest BCUT2D eigenvalue weighted by atomic mass is 9.94. The van der Waals surface area contributed by atoms with Crippen LogP contribution in [0, 0.1) is 12.7 Å². The van der Waals surface area contributed by atoms with Gasteiger partial charge in [0.15, 0.2) is 0 Å². The Kier molecular flexibility index (Phi) is 5.80. The van der Waals surface area contributed by atoms with Crippen molar-refractivity contribution in [2.75, 3.05) is 6.54 Å². The molecule has 0 heterocycles. The highest BCUT2D eigenvalue weighted by Crippen LogP contribution is 2.31. The van der Waals surface area contributed by atoms with Gasteiger partial charge in [-0.25, -0.2) is 4.39 Å². The number of hydrogen-bond acceptors (Lipinski definition) is 1. The SMILES string of the molecule is CCCNC(c1cc(Br)ccc1F)c1cccc(Cl)c1C. The van der Waals surface area contributed by atoms with Gasteiger partial charge >= 0.3 is 0 Å². The van der Waals surface area contributed by atoms with Gasteiger partial charge in [-0.1, -0.05) is 46.6 Å². The summed E-state index contributed by atoms with van der Waals surface area (Å²) in [6.07, 6.45) is 0.978. The molecule has 0 aliphatic carbocycles. The maximum Gasteiger partial charge on any atom is 0.128 e. The summed E-state index contributed by atoms with van der Waals surface area (Å²) in [5, 5.41) is 4.12. The van der Waals surface area contributed by atoms with E-state index in [1.165, 1.54) is 6.07 Å². The summed E-state index contributed by atoms with van der Waals surface area (Å²) in [5.41, 5.74) is 2.61. The van der Waals surface area contributed by atoms with Crippen LogP contribution in [0.5, 0.6) is 0 Å². The second-order valence-corrected chi connectivity index (χ2v) is 6.33. The number of hydrogen-bond donors (Lipinski definition) is 1. The zero-order chi connectivity index (χ0) is 15.4. The maximum absolute atomic E-state index is 14.3. The highest BCUT2D eigenvalue weighted by atomic mass is 79.9. The van der Waals surface area contributed by atoms with Crippen LogP contribution in [-0.4, -0.2) is 6.54 Å². The van der Waals surface area contributed by atoms with Gasteiger partial charge < -0.3 is 5.32 Å². The van der Waals surface area contributed by atoms with E-state index in [0.29, 0.717) is 10.6 Å². The van der Waals surface area contributed by atoms with Crippen LogP contribution in [-0.2, 0) is 0 Å². The second kappa shape index (κ2) is 7.39. The molecule has 1 atom stereocenters. The van der Waals surface area contributed by atoms with E-state index in [9.17, 15) is 4.39 Å². The molecular formula is C17H18BrClFN. The summed E-state index contributed by atoms with van der Waals surface area (Å²) >= 11 is 9.64. The van der Waals surface area contributed by atoms with Crippen LogP contribution in [0.25, 0.3) is 0 Å². The molecule has 0 bridgehead atoms. The highest BCUT2D eigenvalue weighted by Gasteiger charge is 2.20. The van der Waals surface area contributed by atoms with E-state index in [-0.39, 0.29) is 11.9 Å². The Bertz CT molecular complexity index is 628. The predicted octanol–water partition coefficient (Wildman–Crippen LogP) is 5.64. The first kappa shape index (κ1) is 16.5. The zero-order valence-electron chi connectivity index (χ0n) is 12.1. The molecule has 4 heteroatoms. The molecule has 1 nitrogen and oxygen atoms in total. The topological polar surface area (TPSA) is 12.0 Å². The van der Waals surface area contributed by atoms with E-state index in [0.717, 1.165) is 28.6 Å². The van der Waals surface area contributed by atoms with Crippen molar-refractivity contribution < 1.29 is 4.39 Å². The van der Waals surface area contributed by atoms with Crippen LogP contribution in [0.1, 0.15) is 36.1 Å². The van der Waals surface area contributed by atoms with Crippen molar-refractivity contribution in [3.63, 3.8) is 0 Å². The molecule has 0 amide bonds. The standard InChI is InChI=1S/C17H18BrClFN/c1-3-9-21-17(13-5-4-6-15(19)11(13)2)14-10-12(18)7-8-16(14)20/h4-8,10,17,21H,3,9H2,1-2H3. The Labute approximate surface area is 138 Å². The summed E-state index contributed by atoms with van der Waals surface area (Å²) in [6.45, 7) is 4.86. The third kappa shape index (κ3) is 3.85. The zero-order valence-corrected chi connectivity index (χ0v) is 14.4. The largest absolute Gasteiger partial charge is 0.306 e. The lowest BCUT2D eigenvalue weighted by Crippen LogP contribution is -2.25. The summed E-state index contributed by atoms with van der Waals surface area (Å²) in [7, 11) is 0. The third-order valence-corrected chi connectivity index (χ3v) is 4.39. The van der Waals surface area contributed by atoms with Gasteiger partial charge in [-0.2, -0.15) is 0 Å². The van der Waals surface area contributed by atoms with E-state index in [4.69, 9.17) is 11.6 Å². The average molecular weight is 371 g/mol. The lowest BCUT2D eigenvalue weighted by Gasteiger charge is -2.22. The molecule has 0 aliphatic heterocycles. The molecular weight excluding hydrogens is 353 g/mol. The molecule has 0 fully saturated rings. The fourth-order valence-corrected chi connectivity index (χ4v) is 2.91. The molecule has 0 saturated carbocycles. The van der Waals surface area contributed by atoms with Gasteiger partial charge in [-0.3, -0.25) is 0 Å². The van der Waals surface area contributed by atoms with E-state index in [1.807, 2.05) is 31.2 Å². The molecule has 0 aromatic heterocycles. The van der Waals surface area contributed by atoms with Gasteiger partial charge in [0.25, 0.3) is 0 Å². The number of halogens is 3. The summed E-state index contributed by atoms with van der Waals surface area (Å²) in [5.74, 6) is -0.217. The Balaban J connectivity index is 2.52. The molecule has 2 aromatic rings. The first-order chi connectivity index (χ1) is 10.0. The molecule has 1 unspecified atom stereocenters. The summed E-state index contributed by atoms with van der Waals surface area (Å²) < 4.78 is 15.1. The van der Waals surface area contributed by atoms with Crippen LogP contribution >= 0.6 is 27.5 Å². The Hall–Kier alpha value is -0.900. The molecule has 2 aromatic carbocycles. The predicted molar refractivity (Wildman–Crippen MR) is 90.4 cm³/mol. The molecule has 0 spiro atoms. The number of rotatable bonds is 5. The van der Waals surface area contributed by atoms with E-state index >= 15 is 0 Å². The molecule has 2 rings (SSSR count). The van der Waals surface area contributed by atoms with Gasteiger partial charge in [0, 0.05) is 15.1 Å². The maximum atomic E-state index is 14.3. The van der Waals surface area contributed by atoms with Crippen LogP contribution < -0.4 is 5.32 Å². The van der Waals surface area contributed by atoms with Crippen molar-refractivity contribution in [2.45, 2.75) is 26.3 Å². The van der Waals surface area contributed by atoms with Crippen molar-refractivity contribution in [1.29, 1.82) is 0 Å². The number of nitrogens with one attached hydrogen (secondary N) is 1. The van der Waals surface area contributed by atoms with Gasteiger partial charge in [0.1, 0.15) is 5.82 Å². The molecule has 1 N–H and O–H groups in total. The average Bonchev–Trinajstić information content (AvgIpc) is 2.47. The first-order valence-corrected chi connectivity index (χ1v) is 8.15. The quantitative estimate of drug-likeness (QED) is 0.718. The minimum atomic E-state index is -0.217. The molecule has 112 valence electrons. The van der Waals surface area contributed by atoms with Gasteiger partial charge in [-0.15, -0.1) is 0 Å². The van der Waals surface area contributed by atoms with Crippen LogP contribution in [0.2, 0.25) is 5.02 Å². The second-order valence-electron chi connectivity index (χ2n) is 5.01. The van der Waals surface area contributed by atoms with Crippen LogP contribution in [0.3, 0.4) is 0 Å². The third-order valence-electron chi connectivity index (χ3n) is 3.49. The fraction of sp³-hybridized carbons (Fsp3) is 0.294. The van der Waals surface area contributed by atoms with Crippen molar-refractivity contribution in [2.24, 2.45) is 0 Å². The van der Waals surface area contributed by atoms with E-state index in [1.54, 1.807) is 6.07 Å². The molecule has 0 saturated heterocycles. The first-order valence-electron chi connectivity index (χ1n) is 6.98. The monoisotopic (exact) mass is 369 g/mol. The normalized spacial score (nSPS) is 12.4. The highest BCUT2D eigenvalue weighted by molar-refractivity contribution is 9.10. The Morgan fingerprint density at radius 1 is 1.24 bits per heavy atom. The van der Waals surface area contributed by atoms with Crippen LogP contribution in [0.15, 0.2) is 40.9 Å². The molecule has 0 radical (unpaired) electrons. The van der Waals surface area contributed by atoms with Crippen molar-refractivity contribution in [1.82, 2.24) is 5.32 Å². The molecule has 0 aliphatic rings. The fourth-order valence-electron chi connectivity index (χ4n) is 2.35. The van der Waals surface area contributed by atoms with E-state index < -0.39 is 0 Å². The Morgan fingerprint density at radius 3 is 2.71 bits per heavy atom. The molecule has 21 heavy (non-hydrogen) atoms. The van der Waals surface area contributed by atoms with Crippen molar-refractivity contribution in [3.8, 4) is 0 Å². The van der Waals surface area contributed by atoms with E-state index in [2.05, 4.69) is 28.2 Å². The summed E-state index contributed by atoms with van der Waals surface area (Å²) in [6, 6.07) is 10.6.